The van der Waals surface area contributed by atoms with Crippen molar-refractivity contribution in [3.63, 3.8) is 0 Å². The van der Waals surface area contributed by atoms with Crippen molar-refractivity contribution in [2.24, 2.45) is 4.99 Å². The van der Waals surface area contributed by atoms with Crippen LogP contribution in [0.3, 0.4) is 0 Å². The van der Waals surface area contributed by atoms with Crippen LogP contribution in [0.25, 0.3) is 0 Å². The minimum Gasteiger partial charge on any atom is -0.261 e. The Morgan fingerprint density at radius 2 is 1.88 bits per heavy atom. The first kappa shape index (κ1) is 17.0. The first-order valence-corrected chi connectivity index (χ1v) is 5.94. The lowest BCUT2D eigenvalue weighted by Crippen LogP contribution is -1.84. The van der Waals surface area contributed by atoms with Gasteiger partial charge in [0.1, 0.15) is 0 Å². The summed E-state index contributed by atoms with van der Waals surface area (Å²) in [4.78, 5) is 4.37. The minimum absolute atomic E-state index is 0.946. The van der Waals surface area contributed by atoms with Crippen molar-refractivity contribution >= 4 is 6.21 Å². The molecule has 90 valence electrons. The van der Waals surface area contributed by atoms with Gasteiger partial charge < -0.3 is 0 Å². The van der Waals surface area contributed by atoms with E-state index in [-0.39, 0.29) is 0 Å². The van der Waals surface area contributed by atoms with E-state index < -0.39 is 0 Å². The monoisotopic (exact) mass is 219 g/mol. The molecule has 0 atom stereocenters. The summed E-state index contributed by atoms with van der Waals surface area (Å²) in [5, 5.41) is 0. The maximum atomic E-state index is 4.37. The van der Waals surface area contributed by atoms with Gasteiger partial charge in [-0.05, 0) is 31.9 Å². The Kier molecular flexibility index (Phi) is 14.5. The van der Waals surface area contributed by atoms with Gasteiger partial charge in [-0.15, -0.1) is 0 Å². The van der Waals surface area contributed by atoms with Crippen LogP contribution in [0.15, 0.2) is 53.2 Å². The molecule has 0 fully saturated rings. The summed E-state index contributed by atoms with van der Waals surface area (Å²) in [6.07, 6.45) is 12.6. The van der Waals surface area contributed by atoms with Gasteiger partial charge in [-0.2, -0.15) is 0 Å². The number of allylic oxidation sites excluding steroid dienone is 5. The lowest BCUT2D eigenvalue weighted by molar-refractivity contribution is 1.27. The zero-order valence-electron chi connectivity index (χ0n) is 11.3. The van der Waals surface area contributed by atoms with E-state index in [0.717, 1.165) is 17.7 Å². The Labute approximate surface area is 101 Å². The molecule has 0 saturated heterocycles. The van der Waals surface area contributed by atoms with Gasteiger partial charge in [0.2, 0.25) is 0 Å². The third-order valence-corrected chi connectivity index (χ3v) is 1.64. The zero-order chi connectivity index (χ0) is 12.8. The molecule has 0 aliphatic heterocycles. The van der Waals surface area contributed by atoms with Crippen molar-refractivity contribution < 1.29 is 0 Å². The van der Waals surface area contributed by atoms with Gasteiger partial charge >= 0.3 is 0 Å². The van der Waals surface area contributed by atoms with E-state index in [9.17, 15) is 0 Å². The maximum absolute atomic E-state index is 4.37. The van der Waals surface area contributed by atoms with Crippen molar-refractivity contribution in [3.8, 4) is 0 Å². The Bertz CT molecular complexity index is 278. The van der Waals surface area contributed by atoms with Crippen LogP contribution in [0.5, 0.6) is 0 Å². The van der Waals surface area contributed by atoms with E-state index in [1.165, 1.54) is 0 Å². The van der Waals surface area contributed by atoms with Crippen molar-refractivity contribution in [3.05, 3.63) is 48.2 Å². The molecular weight excluding hydrogens is 194 g/mol. The van der Waals surface area contributed by atoms with Gasteiger partial charge in [-0.3, -0.25) is 4.99 Å². The summed E-state index contributed by atoms with van der Waals surface area (Å²) in [6.45, 7) is 13.8. The highest BCUT2D eigenvalue weighted by Crippen LogP contribution is 2.13. The van der Waals surface area contributed by atoms with Crippen LogP contribution in [0.2, 0.25) is 0 Å². The Balaban J connectivity index is 0. The number of aliphatic imine (C=N–C) groups is 1. The SMILES string of the molecule is C=C\C=C(N=CCC)/C(/C=C\C)=C\C.CC. The van der Waals surface area contributed by atoms with E-state index in [4.69, 9.17) is 0 Å². The molecule has 0 rings (SSSR count). The van der Waals surface area contributed by atoms with Crippen LogP contribution in [0, 0.1) is 0 Å². The molecule has 0 bridgehead atoms. The largest absolute Gasteiger partial charge is 0.261 e. The molecule has 0 aromatic heterocycles. The van der Waals surface area contributed by atoms with Crippen LogP contribution >= 0.6 is 0 Å². The van der Waals surface area contributed by atoms with Gasteiger partial charge in [0, 0.05) is 6.21 Å². The van der Waals surface area contributed by atoms with Gasteiger partial charge in [0.15, 0.2) is 0 Å². The Morgan fingerprint density at radius 3 is 2.25 bits per heavy atom. The normalized spacial score (nSPS) is 12.8. The first-order chi connectivity index (χ1) is 7.79. The second-order valence-electron chi connectivity index (χ2n) is 2.75. The third-order valence-electron chi connectivity index (χ3n) is 1.64. The van der Waals surface area contributed by atoms with E-state index in [0.29, 0.717) is 0 Å². The predicted octanol–water partition coefficient (Wildman–Crippen LogP) is 5.09. The molecule has 0 unspecified atom stereocenters. The summed E-state index contributed by atoms with van der Waals surface area (Å²) in [5.74, 6) is 0. The highest BCUT2D eigenvalue weighted by Gasteiger charge is 1.95. The zero-order valence-corrected chi connectivity index (χ0v) is 11.3. The highest BCUT2D eigenvalue weighted by atomic mass is 14.7. The molecule has 1 nitrogen and oxygen atoms in total. The summed E-state index contributed by atoms with van der Waals surface area (Å²) in [5.41, 5.74) is 2.08. The van der Waals surface area contributed by atoms with Crippen LogP contribution in [-0.4, -0.2) is 6.21 Å². The van der Waals surface area contributed by atoms with Crippen LogP contribution in [0.1, 0.15) is 41.0 Å². The fourth-order valence-electron chi connectivity index (χ4n) is 1.02. The average molecular weight is 219 g/mol. The standard InChI is InChI=1S/C13H19N.C2H6/c1-5-9-12(8-4)13(10-6-2)14-11-7-3;1-2/h5-6,8-11H,2,7H2,1,3-4H3;1-2H3/b9-5-,12-8-,13-10+,14-11?;. The molecule has 0 radical (unpaired) electrons. The average Bonchev–Trinajstić information content (AvgIpc) is 2.34. The molecule has 0 aromatic rings. The molecule has 0 N–H and O–H groups in total. The second-order valence-corrected chi connectivity index (χ2v) is 2.75. The minimum atomic E-state index is 0.946. The summed E-state index contributed by atoms with van der Waals surface area (Å²) in [6, 6.07) is 0. The van der Waals surface area contributed by atoms with Gasteiger partial charge in [0.05, 0.1) is 5.70 Å². The summed E-state index contributed by atoms with van der Waals surface area (Å²) in [7, 11) is 0. The number of rotatable bonds is 5. The number of hydrogen-bond donors (Lipinski definition) is 0. The molecule has 1 heteroatoms. The fourth-order valence-corrected chi connectivity index (χ4v) is 1.02. The Hall–Kier alpha value is -1.37. The topological polar surface area (TPSA) is 12.4 Å². The smallest absolute Gasteiger partial charge is 0.0694 e. The predicted molar refractivity (Wildman–Crippen MR) is 77.0 cm³/mol. The highest BCUT2D eigenvalue weighted by molar-refractivity contribution is 5.61. The fraction of sp³-hybridized carbons (Fsp3) is 0.400. The first-order valence-electron chi connectivity index (χ1n) is 5.94. The number of hydrogen-bond acceptors (Lipinski definition) is 1. The van der Waals surface area contributed by atoms with Crippen molar-refractivity contribution in [2.45, 2.75) is 41.0 Å². The quantitative estimate of drug-likeness (QED) is 0.451. The molecule has 0 saturated carbocycles. The lowest BCUT2D eigenvalue weighted by atomic mass is 10.1. The molecule has 0 spiro atoms. The van der Waals surface area contributed by atoms with Crippen LogP contribution < -0.4 is 0 Å². The molecule has 0 heterocycles. The molecule has 0 aromatic carbocycles. The summed E-state index contributed by atoms with van der Waals surface area (Å²) < 4.78 is 0. The lowest BCUT2D eigenvalue weighted by Gasteiger charge is -2.00. The van der Waals surface area contributed by atoms with Gasteiger partial charge in [0.25, 0.3) is 0 Å². The van der Waals surface area contributed by atoms with Gasteiger partial charge in [-0.1, -0.05) is 51.7 Å². The van der Waals surface area contributed by atoms with E-state index >= 15 is 0 Å². The maximum Gasteiger partial charge on any atom is 0.0694 e. The van der Waals surface area contributed by atoms with Crippen molar-refractivity contribution in [1.82, 2.24) is 0 Å². The Morgan fingerprint density at radius 1 is 1.25 bits per heavy atom. The molecule has 0 amide bonds. The molecule has 0 aliphatic rings. The molecule has 16 heavy (non-hydrogen) atoms. The van der Waals surface area contributed by atoms with E-state index in [1.54, 1.807) is 6.08 Å². The van der Waals surface area contributed by atoms with Crippen LogP contribution in [0.4, 0.5) is 0 Å². The second kappa shape index (κ2) is 13.6. The van der Waals surface area contributed by atoms with Gasteiger partial charge in [-0.25, -0.2) is 0 Å². The molecule has 0 aliphatic carbocycles. The number of nitrogens with zero attached hydrogens (tertiary/aromatic N) is 1. The van der Waals surface area contributed by atoms with E-state index in [2.05, 4.69) is 18.5 Å². The van der Waals surface area contributed by atoms with Crippen LogP contribution in [-0.2, 0) is 0 Å². The van der Waals surface area contributed by atoms with E-state index in [1.807, 2.05) is 58.2 Å². The third kappa shape index (κ3) is 7.98. The van der Waals surface area contributed by atoms with Crippen molar-refractivity contribution in [1.29, 1.82) is 0 Å². The molecular formula is C15H25N. The summed E-state index contributed by atoms with van der Waals surface area (Å²) >= 11 is 0. The van der Waals surface area contributed by atoms with Crippen molar-refractivity contribution in [2.75, 3.05) is 0 Å².